The summed E-state index contributed by atoms with van der Waals surface area (Å²) in [6.45, 7) is 3.78. The van der Waals surface area contributed by atoms with Gasteiger partial charge in [-0.15, -0.1) is 0 Å². The molecule has 5 nitrogen and oxygen atoms in total. The number of halogens is 2. The van der Waals surface area contributed by atoms with Crippen LogP contribution in [0.4, 0.5) is 5.13 Å². The average Bonchev–Trinajstić information content (AvgIpc) is 3.23. The fourth-order valence-electron chi connectivity index (χ4n) is 3.36. The highest BCUT2D eigenvalue weighted by atomic mass is 35.5. The number of rotatable bonds is 8. The van der Waals surface area contributed by atoms with Crippen molar-refractivity contribution >= 4 is 56.4 Å². The van der Waals surface area contributed by atoms with E-state index in [-0.39, 0.29) is 12.3 Å². The van der Waals surface area contributed by atoms with Gasteiger partial charge >= 0.3 is 0 Å². The summed E-state index contributed by atoms with van der Waals surface area (Å²) in [5, 5.41) is 4.79. The number of ether oxygens (including phenoxy) is 1. The van der Waals surface area contributed by atoms with Crippen molar-refractivity contribution in [2.24, 2.45) is 0 Å². The normalized spacial score (nSPS) is 11.8. The van der Waals surface area contributed by atoms with E-state index in [1.807, 2.05) is 50.2 Å². The average molecular weight is 546 g/mol. The highest BCUT2D eigenvalue weighted by Crippen LogP contribution is 2.43. The Labute approximate surface area is 220 Å². The van der Waals surface area contributed by atoms with Crippen molar-refractivity contribution in [2.45, 2.75) is 25.2 Å². The molecule has 0 fully saturated rings. The Morgan fingerprint density at radius 3 is 2.51 bits per heavy atom. The summed E-state index contributed by atoms with van der Waals surface area (Å²) in [5.41, 5.74) is 3.00. The molecule has 1 aromatic heterocycles. The first-order valence-electron chi connectivity index (χ1n) is 10.8. The molecule has 1 N–H and O–H groups in total. The predicted octanol–water partition coefficient (Wildman–Crippen LogP) is 7.53. The molecular weight excluding hydrogens is 523 g/mol. The third-order valence-corrected chi connectivity index (χ3v) is 7.82. The van der Waals surface area contributed by atoms with E-state index < -0.39 is 10.8 Å². The number of hydrogen-bond acceptors (Lipinski definition) is 5. The third-order valence-electron chi connectivity index (χ3n) is 5.11. The Balaban J connectivity index is 1.58. The molecule has 0 saturated heterocycles. The van der Waals surface area contributed by atoms with Crippen LogP contribution in [0.15, 0.2) is 71.6 Å². The predicted molar refractivity (Wildman–Crippen MR) is 145 cm³/mol. The Morgan fingerprint density at radius 1 is 1.09 bits per heavy atom. The van der Waals surface area contributed by atoms with Crippen LogP contribution in [0.25, 0.3) is 11.3 Å². The van der Waals surface area contributed by atoms with Crippen LogP contribution in [-0.2, 0) is 22.0 Å². The zero-order valence-corrected chi connectivity index (χ0v) is 22.2. The molecule has 0 saturated carbocycles. The summed E-state index contributed by atoms with van der Waals surface area (Å²) >= 11 is 13.8. The van der Waals surface area contributed by atoms with Crippen molar-refractivity contribution in [3.63, 3.8) is 0 Å². The van der Waals surface area contributed by atoms with Gasteiger partial charge in [0, 0.05) is 21.2 Å². The Hall–Kier alpha value is -2.71. The van der Waals surface area contributed by atoms with Gasteiger partial charge in [0.15, 0.2) is 5.13 Å². The number of amides is 1. The summed E-state index contributed by atoms with van der Waals surface area (Å²) in [6, 6.07) is 20.0. The van der Waals surface area contributed by atoms with Crippen LogP contribution >= 0.6 is 34.5 Å². The van der Waals surface area contributed by atoms with Gasteiger partial charge in [-0.1, -0.05) is 77.9 Å². The summed E-state index contributed by atoms with van der Waals surface area (Å²) in [7, 11) is -1.02. The number of para-hydroxylation sites is 1. The van der Waals surface area contributed by atoms with Gasteiger partial charge in [-0.3, -0.25) is 9.00 Å². The minimum Gasteiger partial charge on any atom is -0.442 e. The number of benzene rings is 3. The molecule has 0 radical (unpaired) electrons. The smallest absolute Gasteiger partial charge is 0.230 e. The van der Waals surface area contributed by atoms with Gasteiger partial charge < -0.3 is 10.1 Å². The van der Waals surface area contributed by atoms with E-state index in [0.29, 0.717) is 37.4 Å². The lowest BCUT2D eigenvalue weighted by molar-refractivity contribution is -0.115. The number of nitrogens with one attached hydrogen (secondary N) is 1. The number of nitrogens with zero attached hydrogens (tertiary/aromatic N) is 1. The highest BCUT2D eigenvalue weighted by Gasteiger charge is 2.19. The maximum absolute atomic E-state index is 12.7. The second-order valence-corrected chi connectivity index (χ2v) is 11.2. The van der Waals surface area contributed by atoms with Crippen LogP contribution in [-0.4, -0.2) is 20.9 Å². The Morgan fingerprint density at radius 2 is 1.83 bits per heavy atom. The minimum absolute atomic E-state index is 0.158. The van der Waals surface area contributed by atoms with E-state index in [9.17, 15) is 9.00 Å². The number of aromatic nitrogens is 1. The molecule has 3 aromatic carbocycles. The van der Waals surface area contributed by atoms with Gasteiger partial charge in [0.05, 0.1) is 22.2 Å². The zero-order valence-electron chi connectivity index (χ0n) is 19.0. The second kappa shape index (κ2) is 11.4. The molecule has 1 heterocycles. The molecule has 4 rings (SSSR count). The van der Waals surface area contributed by atoms with Gasteiger partial charge in [-0.2, -0.15) is 0 Å². The molecule has 4 aromatic rings. The fourth-order valence-corrected chi connectivity index (χ4v) is 5.45. The van der Waals surface area contributed by atoms with Crippen molar-refractivity contribution in [2.75, 3.05) is 11.1 Å². The number of carbonyl (C=O) groups excluding carboxylic acids is 1. The van der Waals surface area contributed by atoms with E-state index in [0.717, 1.165) is 21.6 Å². The van der Waals surface area contributed by atoms with Crippen LogP contribution in [0.5, 0.6) is 10.8 Å². The first-order valence-corrected chi connectivity index (χ1v) is 13.7. The number of carbonyl (C=O) groups is 1. The van der Waals surface area contributed by atoms with Crippen LogP contribution in [0.1, 0.15) is 18.1 Å². The van der Waals surface area contributed by atoms with Gasteiger partial charge in [0.25, 0.3) is 0 Å². The Kier molecular flexibility index (Phi) is 8.23. The lowest BCUT2D eigenvalue weighted by Crippen LogP contribution is -2.14. The van der Waals surface area contributed by atoms with Crippen molar-refractivity contribution in [1.82, 2.24) is 4.98 Å². The van der Waals surface area contributed by atoms with E-state index in [2.05, 4.69) is 10.3 Å². The van der Waals surface area contributed by atoms with Crippen molar-refractivity contribution < 1.29 is 13.7 Å². The SMILES string of the molecule is CCS(=O)c1ccc(CC(=O)Nc2nc(-c3cccc(Cl)c3)c(Oc3c(C)cccc3Cl)s2)cc1. The van der Waals surface area contributed by atoms with Crippen molar-refractivity contribution in [1.29, 1.82) is 0 Å². The summed E-state index contributed by atoms with van der Waals surface area (Å²) in [5.74, 6) is 0.863. The number of thiazole rings is 1. The molecule has 180 valence electrons. The Bertz CT molecular complexity index is 1370. The molecule has 0 bridgehead atoms. The molecule has 35 heavy (non-hydrogen) atoms. The van der Waals surface area contributed by atoms with Crippen molar-refractivity contribution in [3.8, 4) is 22.1 Å². The molecule has 0 aliphatic carbocycles. The van der Waals surface area contributed by atoms with Crippen molar-refractivity contribution in [3.05, 3.63) is 87.9 Å². The van der Waals surface area contributed by atoms with Gasteiger partial charge in [-0.25, -0.2) is 4.98 Å². The van der Waals surface area contributed by atoms with E-state index in [1.54, 1.807) is 30.3 Å². The molecule has 1 atom stereocenters. The van der Waals surface area contributed by atoms with Gasteiger partial charge in [-0.05, 0) is 48.4 Å². The van der Waals surface area contributed by atoms with E-state index in [4.69, 9.17) is 27.9 Å². The topological polar surface area (TPSA) is 68.3 Å². The first-order chi connectivity index (χ1) is 16.8. The van der Waals surface area contributed by atoms with Crippen LogP contribution in [0.3, 0.4) is 0 Å². The largest absolute Gasteiger partial charge is 0.442 e. The maximum Gasteiger partial charge on any atom is 0.230 e. The zero-order chi connectivity index (χ0) is 24.9. The second-order valence-electron chi connectivity index (χ2n) is 7.66. The lowest BCUT2D eigenvalue weighted by atomic mass is 10.1. The monoisotopic (exact) mass is 544 g/mol. The summed E-state index contributed by atoms with van der Waals surface area (Å²) in [6.07, 6.45) is 0.158. The molecular formula is C26H22Cl2N2O3S2. The number of hydrogen-bond donors (Lipinski definition) is 1. The van der Waals surface area contributed by atoms with Crippen LogP contribution in [0, 0.1) is 6.92 Å². The number of anilines is 1. The van der Waals surface area contributed by atoms with Crippen LogP contribution < -0.4 is 10.1 Å². The van der Waals surface area contributed by atoms with E-state index in [1.165, 1.54) is 11.3 Å². The molecule has 9 heteroatoms. The molecule has 1 unspecified atom stereocenters. The quantitative estimate of drug-likeness (QED) is 0.249. The molecule has 1 amide bonds. The molecule has 0 spiro atoms. The molecule has 0 aliphatic rings. The summed E-state index contributed by atoms with van der Waals surface area (Å²) < 4.78 is 18.1. The van der Waals surface area contributed by atoms with Crippen LogP contribution in [0.2, 0.25) is 10.0 Å². The standard InChI is InChI=1S/C26H22Cl2N2O3S2/c1-3-35(32)20-12-10-17(11-13-20)14-22(31)29-26-30-23(18-7-5-8-19(27)15-18)25(34-26)33-24-16(2)6-4-9-21(24)28/h4-13,15H,3,14H2,1-2H3,(H,29,30,31). The minimum atomic E-state index is -1.02. The molecule has 0 aliphatic heterocycles. The van der Waals surface area contributed by atoms with E-state index >= 15 is 0 Å². The first kappa shape index (κ1) is 25.4. The number of aryl methyl sites for hydroxylation is 1. The summed E-state index contributed by atoms with van der Waals surface area (Å²) in [4.78, 5) is 18.1. The lowest BCUT2D eigenvalue weighted by Gasteiger charge is -2.10. The van der Waals surface area contributed by atoms with Gasteiger partial charge in [0.2, 0.25) is 11.0 Å². The third kappa shape index (κ3) is 6.30. The fraction of sp³-hybridized carbons (Fsp3) is 0.154. The maximum atomic E-state index is 12.7. The highest BCUT2D eigenvalue weighted by molar-refractivity contribution is 7.85. The van der Waals surface area contributed by atoms with Gasteiger partial charge in [0.1, 0.15) is 11.4 Å².